The Hall–Kier alpha value is -2.09. The maximum Gasteiger partial charge on any atom is 0.326 e. The van der Waals surface area contributed by atoms with Crippen LogP contribution in [-0.2, 0) is 19.1 Å². The Morgan fingerprint density at radius 3 is 2.43 bits per heavy atom. The number of carboxylic acids is 1. The molecule has 0 aromatic heterocycles. The van der Waals surface area contributed by atoms with Crippen LogP contribution >= 0.6 is 15.9 Å². The first kappa shape index (κ1) is 17.0. The van der Waals surface area contributed by atoms with Crippen LogP contribution in [0.2, 0.25) is 0 Å². The highest BCUT2D eigenvalue weighted by atomic mass is 79.9. The lowest BCUT2D eigenvalue weighted by atomic mass is 10.2. The van der Waals surface area contributed by atoms with Gasteiger partial charge in [-0.2, -0.15) is 0 Å². The average molecular weight is 360 g/mol. The van der Waals surface area contributed by atoms with Crippen molar-refractivity contribution in [2.24, 2.45) is 0 Å². The van der Waals surface area contributed by atoms with Crippen LogP contribution < -0.4 is 10.1 Å². The van der Waals surface area contributed by atoms with Gasteiger partial charge in [0.25, 0.3) is 5.91 Å². The molecule has 0 saturated heterocycles. The van der Waals surface area contributed by atoms with Crippen molar-refractivity contribution in [3.8, 4) is 5.75 Å². The minimum atomic E-state index is -1.35. The van der Waals surface area contributed by atoms with Gasteiger partial charge in [0.05, 0.1) is 13.5 Å². The number of halogens is 1. The number of carbonyl (C=O) groups excluding carboxylic acids is 2. The van der Waals surface area contributed by atoms with Crippen molar-refractivity contribution in [3.05, 3.63) is 28.7 Å². The molecule has 0 aliphatic carbocycles. The molecule has 8 heteroatoms. The minimum absolute atomic E-state index is 0.355. The molecule has 0 saturated carbocycles. The van der Waals surface area contributed by atoms with Gasteiger partial charge in [0.1, 0.15) is 11.8 Å². The molecule has 1 rings (SSSR count). The fourth-order valence-electron chi connectivity index (χ4n) is 1.37. The number of benzene rings is 1. The number of hydrogen-bond donors (Lipinski definition) is 2. The summed E-state index contributed by atoms with van der Waals surface area (Å²) in [5.41, 5.74) is 0. The molecule has 21 heavy (non-hydrogen) atoms. The topological polar surface area (TPSA) is 102 Å². The summed E-state index contributed by atoms with van der Waals surface area (Å²) in [6, 6.07) is 5.44. The molecule has 0 bridgehead atoms. The predicted octanol–water partition coefficient (Wildman–Crippen LogP) is 0.960. The summed E-state index contributed by atoms with van der Waals surface area (Å²) in [5, 5.41) is 11.1. The van der Waals surface area contributed by atoms with Gasteiger partial charge in [-0.3, -0.25) is 9.59 Å². The van der Waals surface area contributed by atoms with Crippen molar-refractivity contribution in [2.45, 2.75) is 12.5 Å². The van der Waals surface area contributed by atoms with Crippen molar-refractivity contribution in [1.82, 2.24) is 5.32 Å². The maximum absolute atomic E-state index is 11.6. The van der Waals surface area contributed by atoms with Crippen molar-refractivity contribution in [1.29, 1.82) is 0 Å². The fourth-order valence-corrected chi connectivity index (χ4v) is 1.63. The number of nitrogens with one attached hydrogen (secondary N) is 1. The van der Waals surface area contributed by atoms with E-state index in [2.05, 4.69) is 26.0 Å². The lowest BCUT2D eigenvalue weighted by Gasteiger charge is -2.13. The first-order valence-electron chi connectivity index (χ1n) is 5.89. The van der Waals surface area contributed by atoms with Gasteiger partial charge in [0, 0.05) is 4.47 Å². The molecule has 7 nitrogen and oxygen atoms in total. The largest absolute Gasteiger partial charge is 0.484 e. The molecular weight excluding hydrogens is 346 g/mol. The normalized spacial score (nSPS) is 11.3. The zero-order valence-electron chi connectivity index (χ0n) is 11.2. The quantitative estimate of drug-likeness (QED) is 0.703. The SMILES string of the molecule is COC(=O)C[C@H](NC(=O)COc1ccc(Br)cc1)C(=O)O. The first-order chi connectivity index (χ1) is 9.92. The van der Waals surface area contributed by atoms with Crippen molar-refractivity contribution < 1.29 is 29.0 Å². The fraction of sp³-hybridized carbons (Fsp3) is 0.308. The molecule has 0 radical (unpaired) electrons. The number of aliphatic carboxylic acids is 1. The van der Waals surface area contributed by atoms with Gasteiger partial charge in [-0.25, -0.2) is 4.79 Å². The molecule has 0 spiro atoms. The summed E-state index contributed by atoms with van der Waals surface area (Å²) in [7, 11) is 1.14. The molecule has 1 aromatic carbocycles. The maximum atomic E-state index is 11.6. The van der Waals surface area contributed by atoms with Crippen LogP contribution in [0.5, 0.6) is 5.75 Å². The molecule has 0 fully saturated rings. The molecule has 114 valence electrons. The van der Waals surface area contributed by atoms with E-state index in [1.165, 1.54) is 0 Å². The molecule has 1 aromatic rings. The number of carbonyl (C=O) groups is 3. The highest BCUT2D eigenvalue weighted by Gasteiger charge is 2.23. The van der Waals surface area contributed by atoms with Crippen LogP contribution in [0.3, 0.4) is 0 Å². The molecule has 0 aliphatic heterocycles. The number of rotatable bonds is 7. The molecule has 0 heterocycles. The molecule has 0 aliphatic rings. The number of ether oxygens (including phenoxy) is 2. The lowest BCUT2D eigenvalue weighted by molar-refractivity contribution is -0.148. The molecule has 0 unspecified atom stereocenters. The summed E-state index contributed by atoms with van der Waals surface area (Å²) in [6.07, 6.45) is -0.449. The summed E-state index contributed by atoms with van der Waals surface area (Å²) >= 11 is 3.26. The zero-order chi connectivity index (χ0) is 15.8. The molecule has 1 atom stereocenters. The third-order valence-corrected chi connectivity index (χ3v) is 2.94. The Kier molecular flexibility index (Phi) is 6.67. The predicted molar refractivity (Wildman–Crippen MR) is 75.8 cm³/mol. The van der Waals surface area contributed by atoms with E-state index in [1.54, 1.807) is 24.3 Å². The van der Waals surface area contributed by atoms with E-state index in [9.17, 15) is 14.4 Å². The van der Waals surface area contributed by atoms with Crippen molar-refractivity contribution in [2.75, 3.05) is 13.7 Å². The van der Waals surface area contributed by atoms with E-state index in [0.717, 1.165) is 11.6 Å². The van der Waals surface area contributed by atoms with Crippen LogP contribution in [0.4, 0.5) is 0 Å². The summed E-state index contributed by atoms with van der Waals surface area (Å²) in [6.45, 7) is -0.355. The summed E-state index contributed by atoms with van der Waals surface area (Å²) < 4.78 is 10.4. The van der Waals surface area contributed by atoms with Gasteiger partial charge in [-0.15, -0.1) is 0 Å². The Balaban J connectivity index is 2.48. The second kappa shape index (κ2) is 8.25. The van der Waals surface area contributed by atoms with E-state index in [0.29, 0.717) is 5.75 Å². The number of amides is 1. The van der Waals surface area contributed by atoms with Gasteiger partial charge >= 0.3 is 11.9 Å². The second-order valence-electron chi connectivity index (χ2n) is 3.98. The van der Waals surface area contributed by atoms with Gasteiger partial charge in [-0.05, 0) is 24.3 Å². The van der Waals surface area contributed by atoms with Crippen LogP contribution in [-0.4, -0.2) is 42.7 Å². The summed E-state index contributed by atoms with van der Waals surface area (Å²) in [5.74, 6) is -2.23. The van der Waals surface area contributed by atoms with Crippen molar-refractivity contribution >= 4 is 33.8 Å². The Labute approximate surface area is 129 Å². The summed E-state index contributed by atoms with van der Waals surface area (Å²) in [4.78, 5) is 33.6. The Morgan fingerprint density at radius 2 is 1.90 bits per heavy atom. The van der Waals surface area contributed by atoms with Crippen LogP contribution in [0.25, 0.3) is 0 Å². The van der Waals surface area contributed by atoms with Crippen LogP contribution in [0.1, 0.15) is 6.42 Å². The number of methoxy groups -OCH3 is 1. The monoisotopic (exact) mass is 359 g/mol. The molecule has 1 amide bonds. The second-order valence-corrected chi connectivity index (χ2v) is 4.90. The van der Waals surface area contributed by atoms with Crippen LogP contribution in [0.15, 0.2) is 28.7 Å². The highest BCUT2D eigenvalue weighted by molar-refractivity contribution is 9.10. The van der Waals surface area contributed by atoms with E-state index in [4.69, 9.17) is 9.84 Å². The van der Waals surface area contributed by atoms with Crippen molar-refractivity contribution in [3.63, 3.8) is 0 Å². The standard InChI is InChI=1S/C13H14BrNO6/c1-20-12(17)6-10(13(18)19)15-11(16)7-21-9-4-2-8(14)3-5-9/h2-5,10H,6-7H2,1H3,(H,15,16)(H,18,19)/t10-/m0/s1. The zero-order valence-corrected chi connectivity index (χ0v) is 12.8. The number of carboxylic acid groups (broad SMARTS) is 1. The molecule has 2 N–H and O–H groups in total. The Morgan fingerprint density at radius 1 is 1.29 bits per heavy atom. The van der Waals surface area contributed by atoms with E-state index in [-0.39, 0.29) is 6.61 Å². The minimum Gasteiger partial charge on any atom is -0.484 e. The smallest absolute Gasteiger partial charge is 0.326 e. The number of hydrogen-bond acceptors (Lipinski definition) is 5. The Bertz CT molecular complexity index is 516. The van der Waals surface area contributed by atoms with E-state index in [1.807, 2.05) is 0 Å². The highest BCUT2D eigenvalue weighted by Crippen LogP contribution is 2.15. The third kappa shape index (κ3) is 6.26. The average Bonchev–Trinajstić information content (AvgIpc) is 2.45. The third-order valence-electron chi connectivity index (χ3n) is 2.42. The van der Waals surface area contributed by atoms with Gasteiger partial charge in [0.2, 0.25) is 0 Å². The van der Waals surface area contributed by atoms with Crippen LogP contribution in [0, 0.1) is 0 Å². The number of esters is 1. The van der Waals surface area contributed by atoms with Gasteiger partial charge < -0.3 is 19.9 Å². The van der Waals surface area contributed by atoms with Gasteiger partial charge in [0.15, 0.2) is 6.61 Å². The lowest BCUT2D eigenvalue weighted by Crippen LogP contribution is -2.44. The van der Waals surface area contributed by atoms with E-state index >= 15 is 0 Å². The van der Waals surface area contributed by atoms with Gasteiger partial charge in [-0.1, -0.05) is 15.9 Å². The molecular formula is C13H14BrNO6. The first-order valence-corrected chi connectivity index (χ1v) is 6.69. The van der Waals surface area contributed by atoms with E-state index < -0.39 is 30.3 Å².